The number of aryl methyl sites for hydroxylation is 2. The van der Waals surface area contributed by atoms with Crippen molar-refractivity contribution in [3.8, 4) is 45.2 Å². The Hall–Kier alpha value is -4.01. The number of pyridine rings is 1. The Morgan fingerprint density at radius 3 is 2.00 bits per heavy atom. The molecular formula is C40H40N3OPt-. The zero-order valence-corrected chi connectivity index (χ0v) is 29.5. The third-order valence-corrected chi connectivity index (χ3v) is 8.22. The molecule has 0 aliphatic heterocycles. The number of imidazole rings is 1. The summed E-state index contributed by atoms with van der Waals surface area (Å²) in [7, 11) is 0. The third kappa shape index (κ3) is 6.40. The Kier molecular flexibility index (Phi) is 8.68. The minimum Gasteiger partial charge on any atom is -0.507 e. The van der Waals surface area contributed by atoms with Gasteiger partial charge in [0, 0.05) is 38.6 Å². The number of para-hydroxylation sites is 2. The zero-order valence-electron chi connectivity index (χ0n) is 27.3. The molecule has 0 fully saturated rings. The van der Waals surface area contributed by atoms with Crippen LogP contribution in [0.4, 0.5) is 0 Å². The molecule has 0 saturated heterocycles. The van der Waals surface area contributed by atoms with Gasteiger partial charge in [-0.3, -0.25) is 9.55 Å². The van der Waals surface area contributed by atoms with Crippen molar-refractivity contribution in [3.63, 3.8) is 0 Å². The van der Waals surface area contributed by atoms with E-state index in [4.69, 9.17) is 9.97 Å². The van der Waals surface area contributed by atoms with Crippen molar-refractivity contribution in [2.45, 2.75) is 66.2 Å². The summed E-state index contributed by atoms with van der Waals surface area (Å²) in [5.41, 5.74) is 12.0. The largest absolute Gasteiger partial charge is 0.507 e. The van der Waals surface area contributed by atoms with Gasteiger partial charge in [-0.05, 0) is 77.8 Å². The van der Waals surface area contributed by atoms with E-state index >= 15 is 0 Å². The first-order valence-corrected chi connectivity index (χ1v) is 15.2. The fraction of sp³-hybridized carbons (Fsp3) is 0.250. The van der Waals surface area contributed by atoms with Gasteiger partial charge in [-0.15, -0.1) is 29.3 Å². The number of phenolic OH excluding ortho intramolecular Hbond substituents is 1. The molecule has 4 aromatic carbocycles. The molecule has 1 N–H and O–H groups in total. The Balaban J connectivity index is 0.00000400. The standard InChI is InChI=1S/C40H40N3O.Pt/c1-25-18-26(2)20-31(19-25)43-35-14-11-13-32(37(35)42-38(43)33-12-9-10-15-36(33)44)27-21-28(23-30(22-27)40(6,7)8)34-24-29(16-17-41-34)39(3,4)5;/h9-20,22-24,44H,1-8H3;/q-1;. The number of phenols is 1. The van der Waals surface area contributed by atoms with E-state index in [9.17, 15) is 5.11 Å². The maximum Gasteiger partial charge on any atom is 0.148 e. The van der Waals surface area contributed by atoms with Crippen molar-refractivity contribution >= 4 is 11.0 Å². The average molecular weight is 774 g/mol. The van der Waals surface area contributed by atoms with Gasteiger partial charge in [0.15, 0.2) is 0 Å². The molecule has 5 heteroatoms. The first-order chi connectivity index (χ1) is 20.8. The summed E-state index contributed by atoms with van der Waals surface area (Å²) in [6.07, 6.45) is 1.90. The van der Waals surface area contributed by atoms with E-state index in [2.05, 4.69) is 127 Å². The number of aromatic hydroxyl groups is 1. The van der Waals surface area contributed by atoms with E-state index in [0.717, 1.165) is 39.1 Å². The number of nitrogens with zero attached hydrogens (tertiary/aromatic N) is 3. The SMILES string of the molecule is Cc1cc(C)cc(-n2c(-c3ccccc3O)nc3c(-c4[c-]c(-c5cc(C(C)(C)C)ccn5)cc(C(C)(C)C)c4)cccc32)c1.[Pt]. The van der Waals surface area contributed by atoms with Crippen LogP contribution in [-0.4, -0.2) is 19.6 Å². The van der Waals surface area contributed by atoms with Crippen LogP contribution in [0.15, 0.2) is 91.1 Å². The van der Waals surface area contributed by atoms with Gasteiger partial charge in [0.05, 0.1) is 16.6 Å². The molecule has 0 unspecified atom stereocenters. The molecule has 2 aromatic heterocycles. The van der Waals surface area contributed by atoms with Gasteiger partial charge in [0.25, 0.3) is 0 Å². The normalized spacial score (nSPS) is 11.9. The second kappa shape index (κ2) is 12.1. The van der Waals surface area contributed by atoms with Crippen molar-refractivity contribution in [1.29, 1.82) is 0 Å². The summed E-state index contributed by atoms with van der Waals surface area (Å²) in [5, 5.41) is 11.0. The van der Waals surface area contributed by atoms with Gasteiger partial charge in [-0.2, -0.15) is 0 Å². The Bertz CT molecular complexity index is 2000. The smallest absolute Gasteiger partial charge is 0.148 e. The number of hydrogen-bond acceptors (Lipinski definition) is 3. The molecule has 4 nitrogen and oxygen atoms in total. The van der Waals surface area contributed by atoms with Crippen LogP contribution in [0.3, 0.4) is 0 Å². The van der Waals surface area contributed by atoms with Crippen LogP contribution in [0.5, 0.6) is 5.75 Å². The van der Waals surface area contributed by atoms with E-state index in [1.165, 1.54) is 22.3 Å². The number of benzene rings is 4. The minimum atomic E-state index is -0.0897. The van der Waals surface area contributed by atoms with Gasteiger partial charge >= 0.3 is 0 Å². The van der Waals surface area contributed by atoms with E-state index in [-0.39, 0.29) is 37.6 Å². The first kappa shape index (κ1) is 32.4. The van der Waals surface area contributed by atoms with Crippen LogP contribution in [0.25, 0.3) is 50.5 Å². The van der Waals surface area contributed by atoms with E-state index < -0.39 is 0 Å². The molecule has 2 heterocycles. The Morgan fingerprint density at radius 1 is 0.689 bits per heavy atom. The maximum absolute atomic E-state index is 11.0. The molecule has 0 atom stereocenters. The first-order valence-electron chi connectivity index (χ1n) is 15.2. The molecule has 0 saturated carbocycles. The summed E-state index contributed by atoms with van der Waals surface area (Å²) < 4.78 is 2.16. The van der Waals surface area contributed by atoms with Crippen LogP contribution in [-0.2, 0) is 31.9 Å². The molecule has 0 aliphatic rings. The van der Waals surface area contributed by atoms with Gasteiger partial charge in [-0.1, -0.05) is 89.1 Å². The molecule has 45 heavy (non-hydrogen) atoms. The molecule has 0 aliphatic carbocycles. The predicted molar refractivity (Wildman–Crippen MR) is 183 cm³/mol. The van der Waals surface area contributed by atoms with E-state index in [1.807, 2.05) is 24.4 Å². The number of hydrogen-bond donors (Lipinski definition) is 1. The van der Waals surface area contributed by atoms with Crippen LogP contribution >= 0.6 is 0 Å². The quantitative estimate of drug-likeness (QED) is 0.182. The van der Waals surface area contributed by atoms with Crippen molar-refractivity contribution in [1.82, 2.24) is 14.5 Å². The van der Waals surface area contributed by atoms with Crippen LogP contribution < -0.4 is 0 Å². The van der Waals surface area contributed by atoms with Crippen molar-refractivity contribution in [2.24, 2.45) is 0 Å². The van der Waals surface area contributed by atoms with E-state index in [0.29, 0.717) is 11.4 Å². The summed E-state index contributed by atoms with van der Waals surface area (Å²) >= 11 is 0. The predicted octanol–water partition coefficient (Wildman–Crippen LogP) is 10.1. The summed E-state index contributed by atoms with van der Waals surface area (Å²) in [6.45, 7) is 17.6. The van der Waals surface area contributed by atoms with Crippen LogP contribution in [0, 0.1) is 19.9 Å². The van der Waals surface area contributed by atoms with Gasteiger partial charge in [0.1, 0.15) is 11.6 Å². The van der Waals surface area contributed by atoms with Crippen molar-refractivity contribution in [2.75, 3.05) is 0 Å². The molecule has 6 aromatic rings. The van der Waals surface area contributed by atoms with E-state index in [1.54, 1.807) is 6.07 Å². The average Bonchev–Trinajstić information content (AvgIpc) is 3.35. The fourth-order valence-corrected chi connectivity index (χ4v) is 5.83. The molecule has 0 radical (unpaired) electrons. The molecule has 232 valence electrons. The maximum atomic E-state index is 11.0. The topological polar surface area (TPSA) is 50.9 Å². The van der Waals surface area contributed by atoms with Crippen molar-refractivity contribution in [3.05, 3.63) is 119 Å². The molecule has 6 rings (SSSR count). The van der Waals surface area contributed by atoms with Gasteiger partial charge in [0.2, 0.25) is 0 Å². The van der Waals surface area contributed by atoms with Crippen molar-refractivity contribution < 1.29 is 26.2 Å². The Labute approximate surface area is 281 Å². The fourth-order valence-electron chi connectivity index (χ4n) is 5.83. The van der Waals surface area contributed by atoms with Crippen LogP contribution in [0.1, 0.15) is 63.8 Å². The second-order valence-corrected chi connectivity index (χ2v) is 13.9. The van der Waals surface area contributed by atoms with Gasteiger partial charge < -0.3 is 5.11 Å². The molecule has 0 spiro atoms. The van der Waals surface area contributed by atoms with Crippen LogP contribution in [0.2, 0.25) is 0 Å². The number of fused-ring (bicyclic) bond motifs is 1. The number of aromatic nitrogens is 3. The number of rotatable bonds is 4. The third-order valence-electron chi connectivity index (χ3n) is 8.22. The summed E-state index contributed by atoms with van der Waals surface area (Å²) in [5.74, 6) is 0.894. The zero-order chi connectivity index (χ0) is 31.4. The second-order valence-electron chi connectivity index (χ2n) is 13.9. The van der Waals surface area contributed by atoms with Gasteiger partial charge in [-0.25, -0.2) is 4.98 Å². The summed E-state index contributed by atoms with van der Waals surface area (Å²) in [4.78, 5) is 10.1. The molecular weight excluding hydrogens is 734 g/mol. The molecule has 0 amide bonds. The Morgan fingerprint density at radius 2 is 1.33 bits per heavy atom. The summed E-state index contributed by atoms with van der Waals surface area (Å²) in [6, 6.07) is 32.7. The monoisotopic (exact) mass is 773 g/mol. The minimum absolute atomic E-state index is 0. The molecule has 0 bridgehead atoms.